The van der Waals surface area contributed by atoms with Gasteiger partial charge in [0.05, 0.1) is 5.56 Å². The smallest absolute Gasteiger partial charge is 0.338 e. The minimum absolute atomic E-state index is 0.0286. The van der Waals surface area contributed by atoms with Gasteiger partial charge in [-0.1, -0.05) is 51.1 Å². The summed E-state index contributed by atoms with van der Waals surface area (Å²) in [5.74, 6) is -2.20. The van der Waals surface area contributed by atoms with Gasteiger partial charge in [-0.05, 0) is 70.5 Å². The fraction of sp³-hybridized carbons (Fsp3) is 0.435. The first kappa shape index (κ1) is 20.2. The van der Waals surface area contributed by atoms with Crippen LogP contribution in [0.1, 0.15) is 84.8 Å². The summed E-state index contributed by atoms with van der Waals surface area (Å²) >= 11 is 0. The second kappa shape index (κ2) is 6.80. The lowest BCUT2D eigenvalue weighted by molar-refractivity contribution is 0.0692. The van der Waals surface area contributed by atoms with Crippen molar-refractivity contribution >= 4 is 5.97 Å². The maximum absolute atomic E-state index is 14.2. The van der Waals surface area contributed by atoms with Crippen molar-refractivity contribution in [2.75, 3.05) is 0 Å². The second-order valence-corrected chi connectivity index (χ2v) is 9.07. The largest absolute Gasteiger partial charge is 0.478 e. The lowest BCUT2D eigenvalue weighted by atomic mass is 9.62. The number of fused-ring (bicyclic) bond motifs is 1. The summed E-state index contributed by atoms with van der Waals surface area (Å²) in [6.45, 7) is 10.8. The molecule has 0 spiro atoms. The van der Waals surface area contributed by atoms with Crippen LogP contribution in [-0.2, 0) is 10.8 Å². The van der Waals surface area contributed by atoms with Gasteiger partial charge < -0.3 is 5.11 Å². The van der Waals surface area contributed by atoms with Crippen molar-refractivity contribution in [1.29, 1.82) is 0 Å². The summed E-state index contributed by atoms with van der Waals surface area (Å²) in [4.78, 5) is 22.8. The molecule has 0 saturated heterocycles. The van der Waals surface area contributed by atoms with E-state index < -0.39 is 23.4 Å². The third kappa shape index (κ3) is 3.34. The number of carboxylic acid groups (broad SMARTS) is 1. The van der Waals surface area contributed by atoms with Crippen molar-refractivity contribution in [2.24, 2.45) is 5.18 Å². The van der Waals surface area contributed by atoms with Crippen LogP contribution in [0.25, 0.3) is 0 Å². The van der Waals surface area contributed by atoms with Crippen LogP contribution in [0.3, 0.4) is 0 Å². The highest BCUT2D eigenvalue weighted by Crippen LogP contribution is 2.47. The normalized spacial score (nSPS) is 18.2. The van der Waals surface area contributed by atoms with Crippen molar-refractivity contribution in [1.82, 2.24) is 0 Å². The molecule has 0 fully saturated rings. The molecule has 1 N–H and O–H groups in total. The van der Waals surface area contributed by atoms with Gasteiger partial charge in [0.2, 0.25) is 0 Å². The van der Waals surface area contributed by atoms with Crippen LogP contribution in [0.15, 0.2) is 35.5 Å². The minimum atomic E-state index is -1.34. The van der Waals surface area contributed by atoms with Gasteiger partial charge in [-0.2, -0.15) is 0 Å². The summed E-state index contributed by atoms with van der Waals surface area (Å²) < 4.78 is 14.2. The fourth-order valence-electron chi connectivity index (χ4n) is 4.21. The molecule has 1 aliphatic rings. The van der Waals surface area contributed by atoms with E-state index in [1.54, 1.807) is 0 Å². The summed E-state index contributed by atoms with van der Waals surface area (Å²) in [6, 6.07) is 7.04. The van der Waals surface area contributed by atoms with E-state index in [2.05, 4.69) is 38.9 Å². The SMILES string of the molecule is Cc1cc2c(cc1C(N=O)c1ccc(C(=O)O)c(F)c1)C(C)(C)CCC2(C)C. The lowest BCUT2D eigenvalue weighted by Gasteiger charge is -2.42. The molecule has 0 saturated carbocycles. The van der Waals surface area contributed by atoms with Crippen LogP contribution < -0.4 is 0 Å². The predicted octanol–water partition coefficient (Wildman–Crippen LogP) is 6.04. The first-order chi connectivity index (χ1) is 13.0. The molecule has 0 radical (unpaired) electrons. The highest BCUT2D eigenvalue weighted by molar-refractivity contribution is 5.87. The van der Waals surface area contributed by atoms with Crippen molar-refractivity contribution < 1.29 is 14.3 Å². The molecule has 3 rings (SSSR count). The van der Waals surface area contributed by atoms with Crippen LogP contribution in [0.5, 0.6) is 0 Å². The van der Waals surface area contributed by atoms with Gasteiger partial charge in [-0.3, -0.25) is 0 Å². The average Bonchev–Trinajstić information content (AvgIpc) is 2.60. The number of hydrogen-bond acceptors (Lipinski definition) is 3. The molecule has 28 heavy (non-hydrogen) atoms. The number of aromatic carboxylic acids is 1. The third-order valence-electron chi connectivity index (χ3n) is 6.18. The molecular weight excluding hydrogens is 357 g/mol. The molecule has 0 bridgehead atoms. The summed E-state index contributed by atoms with van der Waals surface area (Å²) in [5.41, 5.74) is 4.10. The van der Waals surface area contributed by atoms with Crippen molar-refractivity contribution in [3.05, 3.63) is 74.4 Å². The first-order valence-electron chi connectivity index (χ1n) is 9.48. The third-order valence-corrected chi connectivity index (χ3v) is 6.18. The van der Waals surface area contributed by atoms with E-state index in [0.717, 1.165) is 30.0 Å². The van der Waals surface area contributed by atoms with Crippen LogP contribution in [-0.4, -0.2) is 11.1 Å². The maximum Gasteiger partial charge on any atom is 0.338 e. The maximum atomic E-state index is 14.2. The zero-order chi connectivity index (χ0) is 20.9. The van der Waals surface area contributed by atoms with Crippen LogP contribution in [0.4, 0.5) is 4.39 Å². The predicted molar refractivity (Wildman–Crippen MR) is 107 cm³/mol. The van der Waals surface area contributed by atoms with E-state index >= 15 is 0 Å². The number of rotatable bonds is 4. The summed E-state index contributed by atoms with van der Waals surface area (Å²) in [7, 11) is 0. The van der Waals surface area contributed by atoms with E-state index in [1.165, 1.54) is 23.3 Å². The Balaban J connectivity index is 2.16. The lowest BCUT2D eigenvalue weighted by Crippen LogP contribution is -2.34. The van der Waals surface area contributed by atoms with Crippen LogP contribution in [0.2, 0.25) is 0 Å². The van der Waals surface area contributed by atoms with Gasteiger partial charge in [0.25, 0.3) is 0 Å². The Morgan fingerprint density at radius 1 is 1.07 bits per heavy atom. The monoisotopic (exact) mass is 383 g/mol. The van der Waals surface area contributed by atoms with E-state index in [1.807, 2.05) is 13.0 Å². The number of halogens is 1. The number of benzene rings is 2. The number of hydrogen-bond donors (Lipinski definition) is 1. The van der Waals surface area contributed by atoms with Crippen LogP contribution in [0, 0.1) is 17.6 Å². The van der Waals surface area contributed by atoms with E-state index in [4.69, 9.17) is 5.11 Å². The molecule has 148 valence electrons. The Labute approximate surface area is 164 Å². The van der Waals surface area contributed by atoms with E-state index in [9.17, 15) is 14.1 Å². The molecule has 2 aromatic carbocycles. The van der Waals surface area contributed by atoms with E-state index in [0.29, 0.717) is 5.56 Å². The first-order valence-corrected chi connectivity index (χ1v) is 9.48. The molecule has 1 aliphatic carbocycles. The minimum Gasteiger partial charge on any atom is -0.478 e. The molecule has 1 unspecified atom stereocenters. The average molecular weight is 383 g/mol. The van der Waals surface area contributed by atoms with Crippen molar-refractivity contribution in [3.63, 3.8) is 0 Å². The molecule has 0 aromatic heterocycles. The van der Waals surface area contributed by atoms with Gasteiger partial charge in [-0.25, -0.2) is 9.18 Å². The van der Waals surface area contributed by atoms with Crippen LogP contribution >= 0.6 is 0 Å². The molecule has 2 aromatic rings. The van der Waals surface area contributed by atoms with Gasteiger partial charge in [0.15, 0.2) is 0 Å². The summed E-state index contributed by atoms with van der Waals surface area (Å²) in [5, 5.41) is 12.3. The standard InChI is InChI=1S/C23H26FNO3/c1-13-10-17-18(23(4,5)9-8-22(17,2)3)12-16(13)20(25-28)14-6-7-15(21(26)27)19(24)11-14/h6-7,10-12,20H,8-9H2,1-5H3,(H,26,27). The Kier molecular flexibility index (Phi) is 4.90. The van der Waals surface area contributed by atoms with Crippen molar-refractivity contribution in [2.45, 2.75) is 64.3 Å². The topological polar surface area (TPSA) is 66.7 Å². The highest BCUT2D eigenvalue weighted by atomic mass is 19.1. The fourth-order valence-corrected chi connectivity index (χ4v) is 4.21. The second-order valence-electron chi connectivity index (χ2n) is 9.07. The number of nitrogens with zero attached hydrogens (tertiary/aromatic N) is 1. The Bertz CT molecular complexity index is 963. The number of carbonyl (C=O) groups is 1. The van der Waals surface area contributed by atoms with Gasteiger partial charge in [0.1, 0.15) is 11.9 Å². The molecule has 4 nitrogen and oxygen atoms in total. The number of carboxylic acids is 1. The Morgan fingerprint density at radius 3 is 2.14 bits per heavy atom. The van der Waals surface area contributed by atoms with Gasteiger partial charge in [0, 0.05) is 0 Å². The highest BCUT2D eigenvalue weighted by Gasteiger charge is 2.38. The quantitative estimate of drug-likeness (QED) is 0.655. The molecule has 0 amide bonds. The Hall–Kier alpha value is -2.56. The summed E-state index contributed by atoms with van der Waals surface area (Å²) in [6.07, 6.45) is 2.12. The Morgan fingerprint density at radius 2 is 1.64 bits per heavy atom. The van der Waals surface area contributed by atoms with Crippen molar-refractivity contribution in [3.8, 4) is 0 Å². The molecular formula is C23H26FNO3. The zero-order valence-electron chi connectivity index (χ0n) is 17.0. The molecule has 0 heterocycles. The van der Waals surface area contributed by atoms with E-state index in [-0.39, 0.29) is 10.8 Å². The number of aryl methyl sites for hydroxylation is 1. The molecule has 0 aliphatic heterocycles. The number of nitroso groups, excluding NO2 is 1. The molecule has 1 atom stereocenters. The van der Waals surface area contributed by atoms with Gasteiger partial charge in [-0.15, -0.1) is 4.91 Å². The van der Waals surface area contributed by atoms with Gasteiger partial charge >= 0.3 is 5.97 Å². The molecule has 5 heteroatoms. The zero-order valence-corrected chi connectivity index (χ0v) is 17.0.